The molecule has 1 rings (SSSR count). The number of rotatable bonds is 2. The monoisotopic (exact) mass is 224 g/mol. The number of pyridine rings is 1. The van der Waals surface area contributed by atoms with Gasteiger partial charge in [-0.05, 0) is 11.6 Å². The van der Waals surface area contributed by atoms with Gasteiger partial charge in [-0.3, -0.25) is 0 Å². The minimum atomic E-state index is -4.26. The van der Waals surface area contributed by atoms with Gasteiger partial charge in [0.05, 0.1) is 6.42 Å². The Morgan fingerprint density at radius 2 is 2.07 bits per heavy atom. The van der Waals surface area contributed by atoms with E-state index in [2.05, 4.69) is 4.98 Å². The minimum absolute atomic E-state index is 0.230. The average Bonchev–Trinajstić information content (AvgIpc) is 2.02. The van der Waals surface area contributed by atoms with E-state index in [-0.39, 0.29) is 5.15 Å². The first kappa shape index (κ1) is 11.3. The predicted octanol–water partition coefficient (Wildman–Crippen LogP) is 2.69. The van der Waals surface area contributed by atoms with E-state index >= 15 is 0 Å². The molecule has 0 aliphatic heterocycles. The van der Waals surface area contributed by atoms with Gasteiger partial charge in [0.2, 0.25) is 0 Å². The average molecular weight is 225 g/mol. The summed E-state index contributed by atoms with van der Waals surface area (Å²) in [7, 11) is 0. The Balaban J connectivity index is 2.70. The van der Waals surface area contributed by atoms with Gasteiger partial charge in [0.25, 0.3) is 0 Å². The largest absolute Gasteiger partial charge is 0.390 e. The molecule has 1 unspecified atom stereocenters. The molecule has 0 aliphatic carbocycles. The molecule has 0 aliphatic rings. The Kier molecular flexibility index (Phi) is 3.34. The van der Waals surface area contributed by atoms with E-state index in [1.807, 2.05) is 0 Å². The van der Waals surface area contributed by atoms with Crippen molar-refractivity contribution in [2.45, 2.75) is 18.6 Å². The fraction of sp³-hybridized carbons (Fsp3) is 0.375. The molecule has 0 aromatic carbocycles. The number of aromatic nitrogens is 1. The molecule has 0 radical (unpaired) electrons. The van der Waals surface area contributed by atoms with E-state index in [1.54, 1.807) is 0 Å². The van der Waals surface area contributed by atoms with Crippen LogP contribution < -0.4 is 5.73 Å². The second-order valence-corrected chi connectivity index (χ2v) is 3.23. The zero-order valence-electron chi connectivity index (χ0n) is 7.05. The van der Waals surface area contributed by atoms with Crippen molar-refractivity contribution >= 4 is 11.6 Å². The first-order valence-electron chi connectivity index (χ1n) is 3.82. The van der Waals surface area contributed by atoms with Gasteiger partial charge in [-0.15, -0.1) is 0 Å². The van der Waals surface area contributed by atoms with Crippen molar-refractivity contribution in [2.75, 3.05) is 0 Å². The van der Waals surface area contributed by atoms with Crippen molar-refractivity contribution in [3.8, 4) is 0 Å². The van der Waals surface area contributed by atoms with Crippen LogP contribution in [0.25, 0.3) is 0 Å². The lowest BCUT2D eigenvalue weighted by Gasteiger charge is -2.13. The van der Waals surface area contributed by atoms with E-state index in [4.69, 9.17) is 17.3 Å². The second kappa shape index (κ2) is 4.14. The highest BCUT2D eigenvalue weighted by Crippen LogP contribution is 2.27. The molecule has 1 aromatic rings. The quantitative estimate of drug-likeness (QED) is 0.785. The highest BCUT2D eigenvalue weighted by atomic mass is 35.5. The summed E-state index contributed by atoms with van der Waals surface area (Å²) in [6, 6.07) is 1.76. The molecule has 0 spiro atoms. The van der Waals surface area contributed by atoms with Crippen molar-refractivity contribution in [2.24, 2.45) is 5.73 Å². The topological polar surface area (TPSA) is 38.9 Å². The van der Waals surface area contributed by atoms with Crippen LogP contribution in [-0.2, 0) is 0 Å². The number of hydrogen-bond donors (Lipinski definition) is 1. The van der Waals surface area contributed by atoms with E-state index in [1.165, 1.54) is 18.3 Å². The third-order valence-electron chi connectivity index (χ3n) is 1.63. The van der Waals surface area contributed by atoms with Crippen molar-refractivity contribution in [1.29, 1.82) is 0 Å². The first-order valence-corrected chi connectivity index (χ1v) is 4.20. The zero-order chi connectivity index (χ0) is 10.8. The molecule has 2 nitrogen and oxygen atoms in total. The molecule has 1 aromatic heterocycles. The normalized spacial score (nSPS) is 14.1. The number of alkyl halides is 3. The van der Waals surface area contributed by atoms with Crippen molar-refractivity contribution in [3.63, 3.8) is 0 Å². The Morgan fingerprint density at radius 3 is 2.50 bits per heavy atom. The summed E-state index contributed by atoms with van der Waals surface area (Å²) in [4.78, 5) is 3.65. The fourth-order valence-corrected chi connectivity index (χ4v) is 1.09. The van der Waals surface area contributed by atoms with Crippen LogP contribution in [0.1, 0.15) is 18.0 Å². The molecule has 0 saturated carbocycles. The lowest BCUT2D eigenvalue weighted by molar-refractivity contribution is -0.138. The second-order valence-electron chi connectivity index (χ2n) is 2.84. The molecule has 0 fully saturated rings. The van der Waals surface area contributed by atoms with Crippen LogP contribution in [0.3, 0.4) is 0 Å². The summed E-state index contributed by atoms with van der Waals surface area (Å²) in [5.41, 5.74) is 5.65. The molecular formula is C8H8ClF3N2. The number of nitrogens with zero attached hydrogens (tertiary/aromatic N) is 1. The van der Waals surface area contributed by atoms with Crippen LogP contribution in [0.15, 0.2) is 18.3 Å². The van der Waals surface area contributed by atoms with E-state index in [0.717, 1.165) is 0 Å². The molecule has 14 heavy (non-hydrogen) atoms. The van der Waals surface area contributed by atoms with Crippen molar-refractivity contribution < 1.29 is 13.2 Å². The summed E-state index contributed by atoms with van der Waals surface area (Å²) in [5, 5.41) is 0.230. The number of halogens is 4. The van der Waals surface area contributed by atoms with Crippen LogP contribution in [-0.4, -0.2) is 11.2 Å². The van der Waals surface area contributed by atoms with Crippen LogP contribution in [0.5, 0.6) is 0 Å². The zero-order valence-corrected chi connectivity index (χ0v) is 7.81. The lowest BCUT2D eigenvalue weighted by atomic mass is 10.1. The Hall–Kier alpha value is -0.810. The third kappa shape index (κ3) is 3.51. The highest BCUT2D eigenvalue weighted by molar-refractivity contribution is 6.29. The number of nitrogens with two attached hydrogens (primary N) is 1. The number of hydrogen-bond acceptors (Lipinski definition) is 2. The van der Waals surface area contributed by atoms with Crippen LogP contribution in [0.4, 0.5) is 13.2 Å². The van der Waals surface area contributed by atoms with Gasteiger partial charge in [0.15, 0.2) is 0 Å². The summed E-state index contributed by atoms with van der Waals surface area (Å²) < 4.78 is 35.8. The van der Waals surface area contributed by atoms with Crippen molar-refractivity contribution in [3.05, 3.63) is 29.0 Å². The smallest absolute Gasteiger partial charge is 0.324 e. The predicted molar refractivity (Wildman–Crippen MR) is 46.8 cm³/mol. The van der Waals surface area contributed by atoms with Gasteiger partial charge in [-0.2, -0.15) is 13.2 Å². The minimum Gasteiger partial charge on any atom is -0.324 e. The molecule has 1 heterocycles. The lowest BCUT2D eigenvalue weighted by Crippen LogP contribution is -2.20. The molecule has 2 N–H and O–H groups in total. The maximum Gasteiger partial charge on any atom is 0.390 e. The Morgan fingerprint density at radius 1 is 1.43 bits per heavy atom. The van der Waals surface area contributed by atoms with E-state index < -0.39 is 18.6 Å². The van der Waals surface area contributed by atoms with Crippen LogP contribution >= 0.6 is 11.6 Å². The summed E-state index contributed by atoms with van der Waals surface area (Å²) in [5.74, 6) is 0. The molecular weight excluding hydrogens is 217 g/mol. The summed E-state index contributed by atoms with van der Waals surface area (Å²) in [6.07, 6.45) is -4.08. The summed E-state index contributed by atoms with van der Waals surface area (Å²) in [6.45, 7) is 0. The Bertz CT molecular complexity index is 296. The van der Waals surface area contributed by atoms with Gasteiger partial charge >= 0.3 is 6.18 Å². The van der Waals surface area contributed by atoms with Crippen LogP contribution in [0.2, 0.25) is 5.15 Å². The molecule has 1 atom stereocenters. The van der Waals surface area contributed by atoms with Gasteiger partial charge in [0, 0.05) is 12.2 Å². The molecule has 0 saturated heterocycles. The van der Waals surface area contributed by atoms with E-state index in [0.29, 0.717) is 5.56 Å². The first-order chi connectivity index (χ1) is 6.38. The van der Waals surface area contributed by atoms with Gasteiger partial charge in [-0.25, -0.2) is 4.98 Å². The van der Waals surface area contributed by atoms with Gasteiger partial charge in [0.1, 0.15) is 5.15 Å². The Labute approximate surface area is 83.9 Å². The third-order valence-corrected chi connectivity index (χ3v) is 1.85. The SMILES string of the molecule is NC(CC(F)(F)F)c1ccc(Cl)nc1. The van der Waals surface area contributed by atoms with E-state index in [9.17, 15) is 13.2 Å². The molecule has 78 valence electrons. The maximum atomic E-state index is 11.9. The summed E-state index contributed by atoms with van der Waals surface area (Å²) >= 11 is 5.48. The molecule has 6 heteroatoms. The van der Waals surface area contributed by atoms with Gasteiger partial charge < -0.3 is 5.73 Å². The van der Waals surface area contributed by atoms with Gasteiger partial charge in [-0.1, -0.05) is 17.7 Å². The fourth-order valence-electron chi connectivity index (χ4n) is 0.974. The molecule has 0 bridgehead atoms. The van der Waals surface area contributed by atoms with Crippen molar-refractivity contribution in [1.82, 2.24) is 4.98 Å². The van der Waals surface area contributed by atoms with Crippen LogP contribution in [0, 0.1) is 0 Å². The highest BCUT2D eigenvalue weighted by Gasteiger charge is 2.30. The standard InChI is InChI=1S/C8H8ClF3N2/c9-7-2-1-5(4-14-7)6(13)3-8(10,11)12/h1-2,4,6H,3,13H2. The molecule has 0 amide bonds. The maximum absolute atomic E-state index is 11.9.